The van der Waals surface area contributed by atoms with Gasteiger partial charge in [0.05, 0.1) is 5.51 Å². The van der Waals surface area contributed by atoms with E-state index in [-0.39, 0.29) is 0 Å². The first kappa shape index (κ1) is 5.98. The molecule has 0 aromatic carbocycles. The van der Waals surface area contributed by atoms with Crippen molar-refractivity contribution < 1.29 is 0 Å². The fraction of sp³-hybridized carbons (Fsp3) is 0. The molecule has 0 radical (unpaired) electrons. The first-order valence-corrected chi connectivity index (χ1v) is 3.88. The van der Waals surface area contributed by atoms with Crippen molar-refractivity contribution in [3.63, 3.8) is 0 Å². The minimum Gasteiger partial charge on any atom is -0.253 e. The Kier molecular flexibility index (Phi) is 2.24. The molecule has 3 heteroatoms. The van der Waals surface area contributed by atoms with Gasteiger partial charge in [-0.3, -0.25) is 4.98 Å². The molecule has 0 atom stereocenters. The summed E-state index contributed by atoms with van der Waals surface area (Å²) in [5.41, 5.74) is 1.81. The second-order valence-corrected chi connectivity index (χ2v) is 2.64. The van der Waals surface area contributed by atoms with Crippen molar-refractivity contribution in [2.45, 2.75) is 0 Å². The van der Waals surface area contributed by atoms with E-state index in [1.807, 2.05) is 22.8 Å². The molecule has 0 aliphatic heterocycles. The number of thiazole rings is 1. The Balaban J connectivity index is 2.77. The highest BCUT2D eigenvalue weighted by Crippen LogP contribution is 2.07. The normalized spacial score (nSPS) is 10.6. The third-order valence-electron chi connectivity index (χ3n) is 0.679. The number of hydrogen-bond acceptors (Lipinski definition) is 2. The zero-order valence-corrected chi connectivity index (χ0v) is 6.45. The molecule has 0 bridgehead atoms. The van der Waals surface area contributed by atoms with E-state index in [1.54, 1.807) is 11.3 Å². The largest absolute Gasteiger partial charge is 0.253 e. The predicted molar refractivity (Wildman–Crippen MR) is 40.1 cm³/mol. The lowest BCUT2D eigenvalue weighted by molar-refractivity contribution is 1.42. The van der Waals surface area contributed by atoms with Crippen molar-refractivity contribution in [3.8, 4) is 0 Å². The Morgan fingerprint density at radius 3 is 3.12 bits per heavy atom. The molecule has 0 aliphatic rings. The Bertz CT molecular complexity index is 169. The van der Waals surface area contributed by atoms with Crippen molar-refractivity contribution in [3.05, 3.63) is 21.6 Å². The van der Waals surface area contributed by atoms with Gasteiger partial charge in [0.15, 0.2) is 0 Å². The average Bonchev–Trinajstić information content (AvgIpc) is 2.19. The molecule has 0 saturated carbocycles. The average molecular weight is 190 g/mol. The Morgan fingerprint density at radius 2 is 2.62 bits per heavy atom. The van der Waals surface area contributed by atoms with Crippen molar-refractivity contribution >= 4 is 33.3 Å². The molecule has 0 fully saturated rings. The molecule has 1 rings (SSSR count). The molecule has 0 N–H and O–H groups in total. The summed E-state index contributed by atoms with van der Waals surface area (Å²) in [7, 11) is 0. The summed E-state index contributed by atoms with van der Waals surface area (Å²) < 4.78 is 0. The molecule has 0 unspecified atom stereocenters. The van der Waals surface area contributed by atoms with E-state index in [9.17, 15) is 0 Å². The SMILES string of the molecule is Br/C=C/c1cncs1. The maximum absolute atomic E-state index is 3.89. The van der Waals surface area contributed by atoms with E-state index in [1.165, 1.54) is 4.88 Å². The van der Waals surface area contributed by atoms with E-state index in [0.717, 1.165) is 0 Å². The molecule has 1 nitrogen and oxygen atoms in total. The molecule has 1 heterocycles. The van der Waals surface area contributed by atoms with Crippen LogP contribution in [0.4, 0.5) is 0 Å². The molecule has 0 amide bonds. The quantitative estimate of drug-likeness (QED) is 0.662. The van der Waals surface area contributed by atoms with Crippen LogP contribution >= 0.6 is 27.3 Å². The lowest BCUT2D eigenvalue weighted by Crippen LogP contribution is -1.52. The third kappa shape index (κ3) is 1.42. The molecule has 42 valence electrons. The van der Waals surface area contributed by atoms with Crippen molar-refractivity contribution in [1.82, 2.24) is 4.98 Å². The van der Waals surface area contributed by atoms with Crippen LogP contribution in [-0.2, 0) is 0 Å². The summed E-state index contributed by atoms with van der Waals surface area (Å²) in [4.78, 5) is 6.88. The maximum Gasteiger partial charge on any atom is 0.0797 e. The van der Waals surface area contributed by atoms with Gasteiger partial charge in [0.2, 0.25) is 0 Å². The van der Waals surface area contributed by atoms with E-state index >= 15 is 0 Å². The lowest BCUT2D eigenvalue weighted by Gasteiger charge is -1.72. The summed E-state index contributed by atoms with van der Waals surface area (Å²) >= 11 is 4.79. The number of halogens is 1. The summed E-state index contributed by atoms with van der Waals surface area (Å²) in [5.74, 6) is 0. The topological polar surface area (TPSA) is 12.9 Å². The fourth-order valence-electron chi connectivity index (χ4n) is 0.370. The second-order valence-electron chi connectivity index (χ2n) is 1.20. The maximum atomic E-state index is 3.89. The van der Waals surface area contributed by atoms with Gasteiger partial charge >= 0.3 is 0 Å². The first-order chi connectivity index (χ1) is 3.93. The van der Waals surface area contributed by atoms with Crippen LogP contribution < -0.4 is 0 Å². The van der Waals surface area contributed by atoms with E-state index in [2.05, 4.69) is 20.9 Å². The summed E-state index contributed by atoms with van der Waals surface area (Å²) in [6.45, 7) is 0. The number of aromatic nitrogens is 1. The molecular weight excluding hydrogens is 186 g/mol. The van der Waals surface area contributed by atoms with Crippen molar-refractivity contribution in [2.24, 2.45) is 0 Å². The van der Waals surface area contributed by atoms with Gasteiger partial charge in [0.25, 0.3) is 0 Å². The number of nitrogens with zero attached hydrogens (tertiary/aromatic N) is 1. The summed E-state index contributed by atoms with van der Waals surface area (Å²) in [6, 6.07) is 0. The van der Waals surface area contributed by atoms with Crippen LogP contribution in [0.2, 0.25) is 0 Å². The van der Waals surface area contributed by atoms with Crippen LogP contribution in [0.1, 0.15) is 4.88 Å². The Morgan fingerprint density at radius 1 is 1.75 bits per heavy atom. The standard InChI is InChI=1S/C5H4BrNS/c6-2-1-5-3-7-4-8-5/h1-4H/b2-1+. The monoisotopic (exact) mass is 189 g/mol. The van der Waals surface area contributed by atoms with Crippen molar-refractivity contribution in [2.75, 3.05) is 0 Å². The Labute approximate surface area is 60.2 Å². The molecule has 0 saturated heterocycles. The summed E-state index contributed by atoms with van der Waals surface area (Å²) in [6.07, 6.45) is 3.78. The minimum atomic E-state index is 1.17. The van der Waals surface area contributed by atoms with Crippen LogP contribution in [-0.4, -0.2) is 4.98 Å². The van der Waals surface area contributed by atoms with Gasteiger partial charge in [0.1, 0.15) is 0 Å². The van der Waals surface area contributed by atoms with Gasteiger partial charge in [0, 0.05) is 11.1 Å². The van der Waals surface area contributed by atoms with Gasteiger partial charge in [-0.1, -0.05) is 15.9 Å². The zero-order chi connectivity index (χ0) is 5.82. The Hall–Kier alpha value is -0.150. The van der Waals surface area contributed by atoms with Crippen molar-refractivity contribution in [1.29, 1.82) is 0 Å². The minimum absolute atomic E-state index is 1.17. The first-order valence-electron chi connectivity index (χ1n) is 2.09. The van der Waals surface area contributed by atoms with Crippen LogP contribution in [0.5, 0.6) is 0 Å². The van der Waals surface area contributed by atoms with Crippen LogP contribution in [0, 0.1) is 0 Å². The van der Waals surface area contributed by atoms with Gasteiger partial charge in [-0.25, -0.2) is 0 Å². The van der Waals surface area contributed by atoms with Gasteiger partial charge in [-0.2, -0.15) is 0 Å². The summed E-state index contributed by atoms with van der Waals surface area (Å²) in [5, 5.41) is 0. The lowest BCUT2D eigenvalue weighted by atomic mass is 10.6. The van der Waals surface area contributed by atoms with E-state index in [0.29, 0.717) is 0 Å². The molecule has 8 heavy (non-hydrogen) atoms. The highest BCUT2D eigenvalue weighted by molar-refractivity contribution is 9.11. The van der Waals surface area contributed by atoms with Gasteiger partial charge in [-0.15, -0.1) is 11.3 Å². The number of rotatable bonds is 1. The third-order valence-corrected chi connectivity index (χ3v) is 1.68. The van der Waals surface area contributed by atoms with Crippen LogP contribution in [0.25, 0.3) is 6.08 Å². The smallest absolute Gasteiger partial charge is 0.0797 e. The molecular formula is C5H4BrNS. The predicted octanol–water partition coefficient (Wildman–Crippen LogP) is 2.51. The van der Waals surface area contributed by atoms with Gasteiger partial charge < -0.3 is 0 Å². The van der Waals surface area contributed by atoms with E-state index < -0.39 is 0 Å². The molecule has 1 aromatic rings. The highest BCUT2D eigenvalue weighted by atomic mass is 79.9. The second kappa shape index (κ2) is 2.99. The molecule has 1 aromatic heterocycles. The molecule has 0 aliphatic carbocycles. The van der Waals surface area contributed by atoms with Crippen LogP contribution in [0.15, 0.2) is 16.7 Å². The van der Waals surface area contributed by atoms with Crippen LogP contribution in [0.3, 0.4) is 0 Å². The van der Waals surface area contributed by atoms with E-state index in [4.69, 9.17) is 0 Å². The zero-order valence-electron chi connectivity index (χ0n) is 4.04. The van der Waals surface area contributed by atoms with Gasteiger partial charge in [-0.05, 0) is 11.1 Å². The highest BCUT2D eigenvalue weighted by Gasteiger charge is 1.82. The number of hydrogen-bond donors (Lipinski definition) is 0. The fourth-order valence-corrected chi connectivity index (χ4v) is 1.34. The molecule has 0 spiro atoms.